The van der Waals surface area contributed by atoms with Crippen molar-refractivity contribution in [1.82, 2.24) is 9.62 Å². The van der Waals surface area contributed by atoms with Crippen molar-refractivity contribution in [3.8, 4) is 11.5 Å². The molecule has 0 aromatic heterocycles. The molecular formula is C26H27FN2O5S. The molecular weight excluding hydrogens is 471 g/mol. The Morgan fingerprint density at radius 3 is 2.37 bits per heavy atom. The number of fused-ring (bicyclic) bond motifs is 1. The third kappa shape index (κ3) is 5.31. The normalized spacial score (nSPS) is 15.8. The molecule has 1 heterocycles. The number of carbonyl (C=O) groups excluding carboxylic acids is 1. The summed E-state index contributed by atoms with van der Waals surface area (Å²) in [5.74, 6) is 0.294. The van der Waals surface area contributed by atoms with Gasteiger partial charge in [0.15, 0.2) is 11.5 Å². The topological polar surface area (TPSA) is 84.9 Å². The first-order valence-electron chi connectivity index (χ1n) is 11.2. The van der Waals surface area contributed by atoms with Crippen molar-refractivity contribution in [2.75, 3.05) is 20.8 Å². The Balaban J connectivity index is 1.53. The fourth-order valence-electron chi connectivity index (χ4n) is 4.20. The van der Waals surface area contributed by atoms with Crippen LogP contribution in [0.15, 0.2) is 71.6 Å². The lowest BCUT2D eigenvalue weighted by Gasteiger charge is -2.35. The molecule has 1 atom stereocenters. The van der Waals surface area contributed by atoms with Crippen molar-refractivity contribution in [3.05, 3.63) is 89.2 Å². The van der Waals surface area contributed by atoms with Gasteiger partial charge in [-0.25, -0.2) is 12.8 Å². The number of nitrogens with zero attached hydrogens (tertiary/aromatic N) is 1. The van der Waals surface area contributed by atoms with E-state index in [1.807, 2.05) is 36.4 Å². The highest BCUT2D eigenvalue weighted by molar-refractivity contribution is 7.89. The summed E-state index contributed by atoms with van der Waals surface area (Å²) < 4.78 is 52.1. The van der Waals surface area contributed by atoms with E-state index >= 15 is 0 Å². The third-order valence-electron chi connectivity index (χ3n) is 6.09. The molecule has 4 rings (SSSR count). The van der Waals surface area contributed by atoms with E-state index in [1.54, 1.807) is 20.3 Å². The van der Waals surface area contributed by atoms with Crippen molar-refractivity contribution in [1.29, 1.82) is 0 Å². The van der Waals surface area contributed by atoms with E-state index in [9.17, 15) is 17.6 Å². The number of hydrogen-bond donors (Lipinski definition) is 1. The molecule has 1 N–H and O–H groups in total. The molecule has 35 heavy (non-hydrogen) atoms. The van der Waals surface area contributed by atoms with Gasteiger partial charge in [-0.1, -0.05) is 30.3 Å². The zero-order chi connectivity index (χ0) is 25.0. The average molecular weight is 499 g/mol. The highest BCUT2D eigenvalue weighted by atomic mass is 32.2. The van der Waals surface area contributed by atoms with Crippen LogP contribution in [0.1, 0.15) is 16.7 Å². The van der Waals surface area contributed by atoms with E-state index in [1.165, 1.54) is 16.4 Å². The maximum atomic E-state index is 13.4. The van der Waals surface area contributed by atoms with Crippen molar-refractivity contribution < 1.29 is 27.1 Å². The van der Waals surface area contributed by atoms with Crippen LogP contribution in [0.4, 0.5) is 4.39 Å². The molecule has 9 heteroatoms. The Labute approximate surface area is 204 Å². The molecule has 0 bridgehead atoms. The van der Waals surface area contributed by atoms with E-state index in [2.05, 4.69) is 5.32 Å². The minimum Gasteiger partial charge on any atom is -0.493 e. The van der Waals surface area contributed by atoms with Crippen molar-refractivity contribution in [3.63, 3.8) is 0 Å². The first-order chi connectivity index (χ1) is 16.8. The number of carbonyl (C=O) groups is 1. The number of sulfonamides is 1. The monoisotopic (exact) mass is 498 g/mol. The average Bonchev–Trinajstić information content (AvgIpc) is 2.88. The van der Waals surface area contributed by atoms with Crippen molar-refractivity contribution >= 4 is 15.9 Å². The van der Waals surface area contributed by atoms with Gasteiger partial charge in [0.2, 0.25) is 15.9 Å². The Bertz CT molecular complexity index is 1310. The van der Waals surface area contributed by atoms with Crippen LogP contribution < -0.4 is 14.8 Å². The molecule has 0 spiro atoms. The summed E-state index contributed by atoms with van der Waals surface area (Å²) in [5.41, 5.74) is 2.71. The molecule has 1 amide bonds. The van der Waals surface area contributed by atoms with E-state index in [0.29, 0.717) is 24.5 Å². The maximum Gasteiger partial charge on any atom is 0.244 e. The summed E-state index contributed by atoms with van der Waals surface area (Å²) in [4.78, 5) is 13.2. The summed E-state index contributed by atoms with van der Waals surface area (Å²) in [5, 5.41) is 2.88. The second kappa shape index (κ2) is 10.5. The molecule has 0 unspecified atom stereocenters. The highest BCUT2D eigenvalue weighted by Gasteiger charge is 2.39. The summed E-state index contributed by atoms with van der Waals surface area (Å²) in [6, 6.07) is 16.7. The molecule has 1 aliphatic rings. The number of hydrogen-bond acceptors (Lipinski definition) is 5. The summed E-state index contributed by atoms with van der Waals surface area (Å²) in [6.45, 7) is 0.376. The molecule has 3 aromatic carbocycles. The summed E-state index contributed by atoms with van der Waals surface area (Å²) >= 11 is 0. The molecule has 0 saturated carbocycles. The predicted molar refractivity (Wildman–Crippen MR) is 129 cm³/mol. The minimum absolute atomic E-state index is 0.0543. The van der Waals surface area contributed by atoms with Crippen LogP contribution in [0.3, 0.4) is 0 Å². The molecule has 7 nitrogen and oxygen atoms in total. The zero-order valence-corrected chi connectivity index (χ0v) is 20.3. The van der Waals surface area contributed by atoms with Gasteiger partial charge in [-0.15, -0.1) is 0 Å². The van der Waals surface area contributed by atoms with Gasteiger partial charge in [0, 0.05) is 13.1 Å². The first-order valence-corrected chi connectivity index (χ1v) is 12.6. The number of amides is 1. The van der Waals surface area contributed by atoms with Crippen LogP contribution in [0.5, 0.6) is 11.5 Å². The van der Waals surface area contributed by atoms with Crippen molar-refractivity contribution in [2.45, 2.75) is 30.3 Å². The number of methoxy groups -OCH3 is 2. The van der Waals surface area contributed by atoms with Gasteiger partial charge in [0.05, 0.1) is 19.1 Å². The van der Waals surface area contributed by atoms with Gasteiger partial charge in [-0.05, 0) is 65.9 Å². The molecule has 184 valence electrons. The lowest BCUT2D eigenvalue weighted by molar-refractivity contribution is -0.125. The van der Waals surface area contributed by atoms with Gasteiger partial charge in [0.1, 0.15) is 11.9 Å². The maximum absolute atomic E-state index is 13.4. The van der Waals surface area contributed by atoms with Crippen LogP contribution in [0.2, 0.25) is 0 Å². The van der Waals surface area contributed by atoms with Gasteiger partial charge >= 0.3 is 0 Å². The zero-order valence-electron chi connectivity index (χ0n) is 19.5. The van der Waals surface area contributed by atoms with E-state index in [4.69, 9.17) is 9.47 Å². The van der Waals surface area contributed by atoms with E-state index in [0.717, 1.165) is 28.8 Å². The number of halogens is 1. The van der Waals surface area contributed by atoms with E-state index < -0.39 is 21.9 Å². The number of ether oxygens (including phenoxy) is 2. The Morgan fingerprint density at radius 2 is 1.69 bits per heavy atom. The number of nitrogens with one attached hydrogen (secondary N) is 1. The van der Waals surface area contributed by atoms with Gasteiger partial charge in [-0.3, -0.25) is 4.79 Å². The number of rotatable bonds is 8. The Hall–Kier alpha value is -3.43. The Morgan fingerprint density at radius 1 is 1.00 bits per heavy atom. The largest absolute Gasteiger partial charge is 0.493 e. The summed E-state index contributed by atoms with van der Waals surface area (Å²) in [7, 11) is -0.917. The van der Waals surface area contributed by atoms with Crippen LogP contribution in [0.25, 0.3) is 0 Å². The minimum atomic E-state index is -4.03. The smallest absolute Gasteiger partial charge is 0.244 e. The molecule has 1 aliphatic heterocycles. The lowest BCUT2D eigenvalue weighted by Crippen LogP contribution is -2.52. The summed E-state index contributed by atoms with van der Waals surface area (Å²) in [6.07, 6.45) is 0.777. The number of benzene rings is 3. The van der Waals surface area contributed by atoms with Crippen molar-refractivity contribution in [2.24, 2.45) is 0 Å². The predicted octanol–water partition coefficient (Wildman–Crippen LogP) is 3.32. The SMILES string of the molecule is COc1ccc(CCNC(=O)[C@H]2Cc3ccccc3CN2S(=O)(=O)c2ccc(F)cc2)cc1OC. The molecule has 0 saturated heterocycles. The lowest BCUT2D eigenvalue weighted by atomic mass is 9.95. The second-order valence-electron chi connectivity index (χ2n) is 8.22. The van der Waals surface area contributed by atoms with Crippen LogP contribution in [0, 0.1) is 5.82 Å². The standard InChI is InChI=1S/C26H27FN2O5S/c1-33-24-12-7-18(15-25(24)34-2)13-14-28-26(30)23-16-19-5-3-4-6-20(19)17-29(23)35(31,32)22-10-8-21(27)9-11-22/h3-12,15,23H,13-14,16-17H2,1-2H3,(H,28,30)/t23-/m1/s1. The van der Waals surface area contributed by atoms with Crippen LogP contribution >= 0.6 is 0 Å². The van der Waals surface area contributed by atoms with Crippen LogP contribution in [-0.2, 0) is 34.2 Å². The Kier molecular flexibility index (Phi) is 7.37. The van der Waals surface area contributed by atoms with Crippen LogP contribution in [-0.4, -0.2) is 45.4 Å². The fraction of sp³-hybridized carbons (Fsp3) is 0.269. The fourth-order valence-corrected chi connectivity index (χ4v) is 5.77. The van der Waals surface area contributed by atoms with Gasteiger partial charge in [-0.2, -0.15) is 4.31 Å². The first kappa shape index (κ1) is 24.7. The third-order valence-corrected chi connectivity index (χ3v) is 7.96. The molecule has 0 aliphatic carbocycles. The molecule has 0 radical (unpaired) electrons. The van der Waals surface area contributed by atoms with E-state index in [-0.39, 0.29) is 23.8 Å². The quantitative estimate of drug-likeness (QED) is 0.515. The highest BCUT2D eigenvalue weighted by Crippen LogP contribution is 2.30. The van der Waals surface area contributed by atoms with Gasteiger partial charge in [0.25, 0.3) is 0 Å². The second-order valence-corrected chi connectivity index (χ2v) is 10.1. The van der Waals surface area contributed by atoms with Gasteiger partial charge < -0.3 is 14.8 Å². The molecule has 0 fully saturated rings. The molecule has 3 aromatic rings.